The van der Waals surface area contributed by atoms with Crippen molar-refractivity contribution < 1.29 is 13.9 Å². The van der Waals surface area contributed by atoms with Crippen LogP contribution in [0.4, 0.5) is 4.39 Å². The molecule has 4 heteroatoms. The number of nitrogens with zero attached hydrogens (tertiary/aromatic N) is 1. The Morgan fingerprint density at radius 1 is 1.47 bits per heavy atom. The van der Waals surface area contributed by atoms with Crippen molar-refractivity contribution in [1.82, 2.24) is 4.90 Å². The second-order valence-corrected chi connectivity index (χ2v) is 4.18. The first kappa shape index (κ1) is 12.0. The van der Waals surface area contributed by atoms with Crippen molar-refractivity contribution in [3.05, 3.63) is 35.6 Å². The number of benzene rings is 1. The Hall–Kier alpha value is -1.42. The maximum atomic E-state index is 12.7. The molecule has 17 heavy (non-hydrogen) atoms. The van der Waals surface area contributed by atoms with Crippen LogP contribution in [0.3, 0.4) is 0 Å². The lowest BCUT2D eigenvalue weighted by atomic mass is 10.1. The molecule has 0 bridgehead atoms. The van der Waals surface area contributed by atoms with E-state index in [0.717, 1.165) is 5.56 Å². The number of carbonyl (C=O) groups is 1. The van der Waals surface area contributed by atoms with Gasteiger partial charge in [0.2, 0.25) is 5.91 Å². The molecule has 1 amide bonds. The van der Waals surface area contributed by atoms with Crippen molar-refractivity contribution in [2.45, 2.75) is 26.0 Å². The predicted octanol–water partition coefficient (Wildman–Crippen LogP) is 1.96. The summed E-state index contributed by atoms with van der Waals surface area (Å²) in [5, 5.41) is 0. The van der Waals surface area contributed by atoms with Gasteiger partial charge in [-0.25, -0.2) is 4.39 Å². The fourth-order valence-electron chi connectivity index (χ4n) is 1.97. The first-order valence-electron chi connectivity index (χ1n) is 5.82. The summed E-state index contributed by atoms with van der Waals surface area (Å²) in [7, 11) is 0. The number of rotatable bonds is 3. The van der Waals surface area contributed by atoms with Gasteiger partial charge < -0.3 is 9.64 Å². The summed E-state index contributed by atoms with van der Waals surface area (Å²) < 4.78 is 18.0. The summed E-state index contributed by atoms with van der Waals surface area (Å²) in [4.78, 5) is 13.6. The second-order valence-electron chi connectivity index (χ2n) is 4.18. The zero-order chi connectivity index (χ0) is 12.3. The van der Waals surface area contributed by atoms with Crippen LogP contribution in [-0.4, -0.2) is 30.2 Å². The van der Waals surface area contributed by atoms with E-state index in [4.69, 9.17) is 4.74 Å². The molecule has 0 aliphatic carbocycles. The number of amides is 1. The van der Waals surface area contributed by atoms with Gasteiger partial charge in [0, 0.05) is 13.0 Å². The van der Waals surface area contributed by atoms with Gasteiger partial charge in [-0.3, -0.25) is 4.79 Å². The molecule has 0 N–H and O–H groups in total. The number of ether oxygens (including phenoxy) is 1. The van der Waals surface area contributed by atoms with Crippen LogP contribution in [0.5, 0.6) is 0 Å². The van der Waals surface area contributed by atoms with Crippen LogP contribution in [0.2, 0.25) is 0 Å². The molecule has 0 saturated carbocycles. The van der Waals surface area contributed by atoms with Gasteiger partial charge in [0.05, 0.1) is 6.61 Å². The van der Waals surface area contributed by atoms with Gasteiger partial charge in [-0.05, 0) is 31.0 Å². The highest BCUT2D eigenvalue weighted by atomic mass is 19.1. The van der Waals surface area contributed by atoms with E-state index in [9.17, 15) is 9.18 Å². The molecule has 1 heterocycles. The molecule has 2 rings (SSSR count). The minimum atomic E-state index is -0.248. The third kappa shape index (κ3) is 3.03. The van der Waals surface area contributed by atoms with Crippen LogP contribution >= 0.6 is 0 Å². The summed E-state index contributed by atoms with van der Waals surface area (Å²) in [6, 6.07) is 6.27. The normalized spacial score (nSPS) is 19.6. The highest BCUT2D eigenvalue weighted by Gasteiger charge is 2.25. The molecule has 3 nitrogen and oxygen atoms in total. The van der Waals surface area contributed by atoms with Gasteiger partial charge in [-0.1, -0.05) is 12.1 Å². The first-order chi connectivity index (χ1) is 8.16. The summed E-state index contributed by atoms with van der Waals surface area (Å²) in [5.41, 5.74) is 0.979. The van der Waals surface area contributed by atoms with Gasteiger partial charge in [-0.2, -0.15) is 0 Å². The van der Waals surface area contributed by atoms with Gasteiger partial charge in [0.1, 0.15) is 12.0 Å². The van der Waals surface area contributed by atoms with Crippen molar-refractivity contribution in [2.75, 3.05) is 13.2 Å². The molecule has 1 aliphatic rings. The number of hydrogen-bond acceptors (Lipinski definition) is 2. The van der Waals surface area contributed by atoms with E-state index < -0.39 is 0 Å². The number of carbonyl (C=O) groups excluding carboxylic acids is 1. The molecule has 0 spiro atoms. The fourth-order valence-corrected chi connectivity index (χ4v) is 1.97. The lowest BCUT2D eigenvalue weighted by molar-refractivity contribution is -0.135. The Morgan fingerprint density at radius 3 is 2.76 bits per heavy atom. The van der Waals surface area contributed by atoms with E-state index in [2.05, 4.69) is 0 Å². The minimum absolute atomic E-state index is 0.0966. The molecule has 92 valence electrons. The molecule has 1 aromatic rings. The summed E-state index contributed by atoms with van der Waals surface area (Å²) in [6.07, 6.45) is 0.970. The minimum Gasteiger partial charge on any atom is -0.357 e. The molecule has 0 radical (unpaired) electrons. The summed E-state index contributed by atoms with van der Waals surface area (Å²) in [5.74, 6) is -0.152. The van der Waals surface area contributed by atoms with E-state index in [-0.39, 0.29) is 18.0 Å². The van der Waals surface area contributed by atoms with Gasteiger partial charge in [-0.15, -0.1) is 0 Å². The number of halogens is 1. The fraction of sp³-hybridized carbons (Fsp3) is 0.462. The largest absolute Gasteiger partial charge is 0.357 e. The maximum absolute atomic E-state index is 12.7. The third-order valence-electron chi connectivity index (χ3n) is 2.99. The van der Waals surface area contributed by atoms with Gasteiger partial charge >= 0.3 is 0 Å². The summed E-state index contributed by atoms with van der Waals surface area (Å²) in [6.45, 7) is 3.16. The molecular weight excluding hydrogens is 221 g/mol. The Bertz CT molecular complexity index is 391. The van der Waals surface area contributed by atoms with Crippen LogP contribution in [-0.2, 0) is 16.0 Å². The zero-order valence-electron chi connectivity index (χ0n) is 9.86. The third-order valence-corrected chi connectivity index (χ3v) is 2.99. The van der Waals surface area contributed by atoms with Crippen LogP contribution in [0, 0.1) is 5.82 Å². The van der Waals surface area contributed by atoms with Crippen molar-refractivity contribution in [3.8, 4) is 0 Å². The number of aryl methyl sites for hydroxylation is 1. The second kappa shape index (κ2) is 5.27. The highest BCUT2D eigenvalue weighted by molar-refractivity contribution is 5.76. The average Bonchev–Trinajstić information content (AvgIpc) is 2.74. The molecule has 0 aromatic heterocycles. The maximum Gasteiger partial charge on any atom is 0.225 e. The molecule has 1 unspecified atom stereocenters. The van der Waals surface area contributed by atoms with Crippen molar-refractivity contribution in [3.63, 3.8) is 0 Å². The van der Waals surface area contributed by atoms with Gasteiger partial charge in [0.25, 0.3) is 0 Å². The van der Waals surface area contributed by atoms with E-state index in [1.54, 1.807) is 17.0 Å². The molecule has 1 aliphatic heterocycles. The summed E-state index contributed by atoms with van der Waals surface area (Å²) >= 11 is 0. The smallest absolute Gasteiger partial charge is 0.225 e. The zero-order valence-corrected chi connectivity index (χ0v) is 9.86. The average molecular weight is 237 g/mol. The Labute approximate surface area is 100 Å². The lowest BCUT2D eigenvalue weighted by Gasteiger charge is -2.19. The monoisotopic (exact) mass is 237 g/mol. The topological polar surface area (TPSA) is 29.5 Å². The standard InChI is InChI=1S/C13H16FNO2/c1-10-15(8-9-17-10)13(16)7-4-11-2-5-12(14)6-3-11/h2-3,5-6,10H,4,7-9H2,1H3. The van der Waals surface area contributed by atoms with Gasteiger partial charge in [0.15, 0.2) is 0 Å². The predicted molar refractivity (Wildman–Crippen MR) is 61.8 cm³/mol. The SMILES string of the molecule is CC1OCCN1C(=O)CCc1ccc(F)cc1. The van der Waals surface area contributed by atoms with Crippen molar-refractivity contribution in [1.29, 1.82) is 0 Å². The van der Waals surface area contributed by atoms with E-state index in [1.165, 1.54) is 12.1 Å². The van der Waals surface area contributed by atoms with Crippen molar-refractivity contribution in [2.24, 2.45) is 0 Å². The molecule has 1 atom stereocenters. The van der Waals surface area contributed by atoms with Crippen LogP contribution < -0.4 is 0 Å². The molecule has 1 saturated heterocycles. The van der Waals surface area contributed by atoms with Crippen molar-refractivity contribution >= 4 is 5.91 Å². The van der Waals surface area contributed by atoms with Crippen LogP contribution in [0.15, 0.2) is 24.3 Å². The van der Waals surface area contributed by atoms with Crippen LogP contribution in [0.1, 0.15) is 18.9 Å². The van der Waals surface area contributed by atoms with Crippen LogP contribution in [0.25, 0.3) is 0 Å². The Balaban J connectivity index is 1.85. The Kier molecular flexibility index (Phi) is 3.74. The van der Waals surface area contributed by atoms with E-state index in [0.29, 0.717) is 26.0 Å². The molecule has 1 fully saturated rings. The molecular formula is C13H16FNO2. The first-order valence-corrected chi connectivity index (χ1v) is 5.82. The lowest BCUT2D eigenvalue weighted by Crippen LogP contribution is -2.34. The highest BCUT2D eigenvalue weighted by Crippen LogP contribution is 2.12. The molecule has 1 aromatic carbocycles. The quantitative estimate of drug-likeness (QED) is 0.804. The van der Waals surface area contributed by atoms with E-state index in [1.807, 2.05) is 6.92 Å². The van der Waals surface area contributed by atoms with E-state index >= 15 is 0 Å². The number of hydrogen-bond donors (Lipinski definition) is 0. The Morgan fingerprint density at radius 2 is 2.18 bits per heavy atom.